The van der Waals surface area contributed by atoms with Crippen LogP contribution in [0.4, 0.5) is 0 Å². The Hall–Kier alpha value is -3.28. The molecule has 0 atom stereocenters. The molecule has 0 fully saturated rings. The summed E-state index contributed by atoms with van der Waals surface area (Å²) in [6.45, 7) is 6.47. The molecule has 0 saturated carbocycles. The van der Waals surface area contributed by atoms with Crippen molar-refractivity contribution >= 4 is 5.96 Å². The minimum atomic E-state index is 0.523. The van der Waals surface area contributed by atoms with E-state index < -0.39 is 0 Å². The van der Waals surface area contributed by atoms with Gasteiger partial charge < -0.3 is 19.8 Å². The van der Waals surface area contributed by atoms with Gasteiger partial charge in [0.1, 0.15) is 12.0 Å². The highest BCUT2D eigenvalue weighted by molar-refractivity contribution is 5.79. The first-order valence-corrected chi connectivity index (χ1v) is 9.52. The number of nitrogens with zero attached hydrogens (tertiary/aromatic N) is 2. The molecular formula is C22H26N4O2. The maximum atomic E-state index is 5.67. The van der Waals surface area contributed by atoms with E-state index in [4.69, 9.17) is 9.15 Å². The summed E-state index contributed by atoms with van der Waals surface area (Å²) in [7, 11) is 0. The maximum Gasteiger partial charge on any atom is 0.226 e. The summed E-state index contributed by atoms with van der Waals surface area (Å²) in [6, 6.07) is 17.8. The second-order valence-corrected chi connectivity index (χ2v) is 6.10. The first-order chi connectivity index (χ1) is 13.8. The number of ether oxygens (including phenoxy) is 1. The smallest absolute Gasteiger partial charge is 0.226 e. The van der Waals surface area contributed by atoms with Crippen LogP contribution in [0.1, 0.15) is 25.1 Å². The maximum absolute atomic E-state index is 5.67. The molecule has 0 aliphatic heterocycles. The fourth-order valence-corrected chi connectivity index (χ4v) is 2.71. The molecule has 2 N–H and O–H groups in total. The third-order valence-electron chi connectivity index (χ3n) is 4.03. The highest BCUT2D eigenvalue weighted by Crippen LogP contribution is 2.19. The second-order valence-electron chi connectivity index (χ2n) is 6.10. The van der Waals surface area contributed by atoms with Crippen LogP contribution in [0.15, 0.2) is 70.3 Å². The van der Waals surface area contributed by atoms with Crippen LogP contribution < -0.4 is 15.4 Å². The fourth-order valence-electron chi connectivity index (χ4n) is 2.71. The molecule has 0 spiro atoms. The van der Waals surface area contributed by atoms with Gasteiger partial charge in [-0.25, -0.2) is 9.98 Å². The van der Waals surface area contributed by atoms with Crippen molar-refractivity contribution in [1.29, 1.82) is 0 Å². The molecule has 0 bridgehead atoms. The van der Waals surface area contributed by atoms with Crippen LogP contribution in [0, 0.1) is 0 Å². The third kappa shape index (κ3) is 5.36. The van der Waals surface area contributed by atoms with Crippen molar-refractivity contribution in [3.8, 4) is 17.2 Å². The Morgan fingerprint density at radius 2 is 1.82 bits per heavy atom. The number of oxazole rings is 1. The molecule has 0 radical (unpaired) electrons. The van der Waals surface area contributed by atoms with Crippen molar-refractivity contribution in [2.24, 2.45) is 4.99 Å². The van der Waals surface area contributed by atoms with E-state index in [0.29, 0.717) is 25.6 Å². The zero-order valence-electron chi connectivity index (χ0n) is 16.3. The van der Waals surface area contributed by atoms with Crippen LogP contribution in [-0.2, 0) is 13.1 Å². The minimum absolute atomic E-state index is 0.523. The van der Waals surface area contributed by atoms with Gasteiger partial charge in [0.25, 0.3) is 0 Å². The van der Waals surface area contributed by atoms with E-state index in [1.165, 1.54) is 0 Å². The van der Waals surface area contributed by atoms with Gasteiger partial charge in [0.2, 0.25) is 5.89 Å². The normalized spacial score (nSPS) is 11.3. The lowest BCUT2D eigenvalue weighted by atomic mass is 10.2. The lowest BCUT2D eigenvalue weighted by molar-refractivity contribution is 0.336. The van der Waals surface area contributed by atoms with Gasteiger partial charge in [-0.15, -0.1) is 0 Å². The molecular weight excluding hydrogens is 352 g/mol. The van der Waals surface area contributed by atoms with E-state index in [9.17, 15) is 0 Å². The van der Waals surface area contributed by atoms with E-state index in [2.05, 4.69) is 20.6 Å². The van der Waals surface area contributed by atoms with Gasteiger partial charge >= 0.3 is 0 Å². The summed E-state index contributed by atoms with van der Waals surface area (Å²) in [5, 5.41) is 6.55. The molecule has 0 unspecified atom stereocenters. The van der Waals surface area contributed by atoms with E-state index in [1.807, 2.05) is 68.4 Å². The van der Waals surface area contributed by atoms with Gasteiger partial charge in [-0.2, -0.15) is 0 Å². The van der Waals surface area contributed by atoms with Crippen LogP contribution >= 0.6 is 0 Å². The molecule has 1 heterocycles. The Morgan fingerprint density at radius 1 is 1.04 bits per heavy atom. The van der Waals surface area contributed by atoms with Gasteiger partial charge in [0.15, 0.2) is 5.96 Å². The molecule has 6 nitrogen and oxygen atoms in total. The van der Waals surface area contributed by atoms with Crippen LogP contribution in [0.25, 0.3) is 11.5 Å². The number of hydrogen-bond acceptors (Lipinski definition) is 4. The largest absolute Gasteiger partial charge is 0.494 e. The Labute approximate surface area is 165 Å². The van der Waals surface area contributed by atoms with Crippen molar-refractivity contribution in [2.45, 2.75) is 26.9 Å². The highest BCUT2D eigenvalue weighted by Gasteiger charge is 2.07. The number of para-hydroxylation sites is 1. The summed E-state index contributed by atoms with van der Waals surface area (Å²) >= 11 is 0. The molecule has 2 aromatic carbocycles. The third-order valence-corrected chi connectivity index (χ3v) is 4.03. The van der Waals surface area contributed by atoms with E-state index in [0.717, 1.165) is 35.1 Å². The molecule has 3 rings (SSSR count). The first kappa shape index (κ1) is 19.5. The van der Waals surface area contributed by atoms with Crippen molar-refractivity contribution in [3.05, 3.63) is 72.1 Å². The van der Waals surface area contributed by atoms with Crippen molar-refractivity contribution in [3.63, 3.8) is 0 Å². The molecule has 1 aromatic heterocycles. The van der Waals surface area contributed by atoms with Gasteiger partial charge in [0.05, 0.1) is 25.4 Å². The summed E-state index contributed by atoms with van der Waals surface area (Å²) < 4.78 is 11.3. The van der Waals surface area contributed by atoms with Gasteiger partial charge in [-0.05, 0) is 32.0 Å². The Balaban J connectivity index is 1.64. The zero-order valence-corrected chi connectivity index (χ0v) is 16.3. The lowest BCUT2D eigenvalue weighted by Gasteiger charge is -2.11. The number of hydrogen-bond donors (Lipinski definition) is 2. The average molecular weight is 378 g/mol. The lowest BCUT2D eigenvalue weighted by Crippen LogP contribution is -2.36. The number of aliphatic imine (C=N–C) groups is 1. The van der Waals surface area contributed by atoms with Crippen molar-refractivity contribution in [1.82, 2.24) is 15.6 Å². The van der Waals surface area contributed by atoms with Crippen molar-refractivity contribution in [2.75, 3.05) is 13.2 Å². The minimum Gasteiger partial charge on any atom is -0.494 e. The summed E-state index contributed by atoms with van der Waals surface area (Å²) in [5.41, 5.74) is 2.83. The standard InChI is InChI=1S/C22H26N4O2/c1-3-23-22(24-14-18-12-8-9-13-20(18)27-4-2)25-15-19-16-28-21(26-19)17-10-6-5-7-11-17/h5-13,16H,3-4,14-15H2,1-2H3,(H2,23,24,25). The number of nitrogens with one attached hydrogen (secondary N) is 2. The molecule has 6 heteroatoms. The van der Waals surface area contributed by atoms with Crippen LogP contribution in [0.3, 0.4) is 0 Å². The second kappa shape index (κ2) is 10.2. The molecule has 0 aliphatic rings. The fraction of sp³-hybridized carbons (Fsp3) is 0.273. The number of benzene rings is 2. The predicted octanol–water partition coefficient (Wildman–Crippen LogP) is 4.00. The topological polar surface area (TPSA) is 71.7 Å². The van der Waals surface area contributed by atoms with Crippen molar-refractivity contribution < 1.29 is 9.15 Å². The Kier molecular flexibility index (Phi) is 7.07. The van der Waals surface area contributed by atoms with Gasteiger partial charge in [-0.3, -0.25) is 0 Å². The summed E-state index contributed by atoms with van der Waals surface area (Å²) in [6.07, 6.45) is 1.67. The molecule has 0 saturated heterocycles. The molecule has 0 aliphatic carbocycles. The molecule has 0 amide bonds. The van der Waals surface area contributed by atoms with E-state index in [1.54, 1.807) is 6.26 Å². The zero-order chi connectivity index (χ0) is 19.6. The van der Waals surface area contributed by atoms with Crippen LogP contribution in [0.5, 0.6) is 5.75 Å². The highest BCUT2D eigenvalue weighted by atomic mass is 16.5. The number of aromatic nitrogens is 1. The Morgan fingerprint density at radius 3 is 2.61 bits per heavy atom. The van der Waals surface area contributed by atoms with Gasteiger partial charge in [0, 0.05) is 17.7 Å². The number of rotatable bonds is 8. The summed E-state index contributed by atoms with van der Waals surface area (Å²) in [5.74, 6) is 2.21. The first-order valence-electron chi connectivity index (χ1n) is 9.52. The average Bonchev–Trinajstić information content (AvgIpc) is 3.21. The van der Waals surface area contributed by atoms with Gasteiger partial charge in [-0.1, -0.05) is 36.4 Å². The molecule has 3 aromatic rings. The SMILES string of the molecule is CCNC(=NCc1ccccc1OCC)NCc1coc(-c2ccccc2)n1. The Bertz CT molecular complexity index is 890. The predicted molar refractivity (Wildman–Crippen MR) is 111 cm³/mol. The molecule has 28 heavy (non-hydrogen) atoms. The number of guanidine groups is 1. The van der Waals surface area contributed by atoms with Crippen LogP contribution in [0.2, 0.25) is 0 Å². The van der Waals surface area contributed by atoms with Crippen LogP contribution in [-0.4, -0.2) is 24.1 Å². The molecule has 146 valence electrons. The summed E-state index contributed by atoms with van der Waals surface area (Å²) in [4.78, 5) is 9.20. The monoisotopic (exact) mass is 378 g/mol. The van der Waals surface area contributed by atoms with E-state index >= 15 is 0 Å². The van der Waals surface area contributed by atoms with E-state index in [-0.39, 0.29) is 0 Å². The quantitative estimate of drug-likeness (QED) is 0.458.